The number of hydrogen-bond acceptors (Lipinski definition) is 3. The molecule has 0 amide bonds. The lowest BCUT2D eigenvalue weighted by atomic mass is 10.1. The third-order valence-corrected chi connectivity index (χ3v) is 2.13. The Morgan fingerprint density at radius 2 is 1.94 bits per heavy atom. The van der Waals surface area contributed by atoms with Gasteiger partial charge in [0.05, 0.1) is 10.5 Å². The van der Waals surface area contributed by atoms with Crippen molar-refractivity contribution in [1.29, 1.82) is 0 Å². The van der Waals surface area contributed by atoms with Crippen LogP contribution in [0, 0.1) is 10.1 Å². The lowest BCUT2D eigenvalue weighted by Crippen LogP contribution is -1.97. The molecule has 0 saturated carbocycles. The summed E-state index contributed by atoms with van der Waals surface area (Å²) in [4.78, 5) is 20.5. The first-order valence-electron chi connectivity index (χ1n) is 5.09. The maximum absolute atomic E-state index is 10.8. The van der Waals surface area contributed by atoms with Crippen LogP contribution in [0.3, 0.4) is 0 Å². The number of rotatable bonds is 6. The summed E-state index contributed by atoms with van der Waals surface area (Å²) in [6.45, 7) is 0. The topological polar surface area (TPSA) is 60.2 Å². The largest absolute Gasteiger partial charge is 0.303 e. The van der Waals surface area contributed by atoms with Crippen LogP contribution in [-0.2, 0) is 4.79 Å². The summed E-state index contributed by atoms with van der Waals surface area (Å²) in [5, 5.41) is 10.8. The first-order valence-corrected chi connectivity index (χ1v) is 5.09. The number of unbranched alkanes of at least 4 members (excludes halogenated alkanes) is 2. The molecule has 0 radical (unpaired) electrons. The van der Waals surface area contributed by atoms with E-state index in [2.05, 4.69) is 0 Å². The van der Waals surface area contributed by atoms with Gasteiger partial charge in [-0.15, -0.1) is 0 Å². The van der Waals surface area contributed by atoms with Gasteiger partial charge < -0.3 is 4.79 Å². The van der Waals surface area contributed by atoms with Crippen molar-refractivity contribution in [1.82, 2.24) is 0 Å². The third-order valence-electron chi connectivity index (χ3n) is 2.13. The van der Waals surface area contributed by atoms with Crippen LogP contribution in [0.1, 0.15) is 24.8 Å². The van der Waals surface area contributed by atoms with Crippen molar-refractivity contribution in [3.05, 3.63) is 52.1 Å². The summed E-state index contributed by atoms with van der Waals surface area (Å²) >= 11 is 0. The predicted octanol–water partition coefficient (Wildman–Crippen LogP) is 2.67. The molecule has 0 atom stereocenters. The van der Waals surface area contributed by atoms with E-state index in [1.165, 1.54) is 0 Å². The molecule has 0 aliphatic carbocycles. The summed E-state index contributed by atoms with van der Waals surface area (Å²) in [7, 11) is 0. The fourth-order valence-corrected chi connectivity index (χ4v) is 1.35. The van der Waals surface area contributed by atoms with E-state index < -0.39 is 4.92 Å². The number of nitro groups is 1. The molecule has 0 aromatic heterocycles. The number of aldehydes is 1. The van der Waals surface area contributed by atoms with Crippen LogP contribution < -0.4 is 0 Å². The van der Waals surface area contributed by atoms with Gasteiger partial charge in [-0.25, -0.2) is 0 Å². The number of carbonyl (C=O) groups excluding carboxylic acids is 1. The van der Waals surface area contributed by atoms with Gasteiger partial charge in [-0.1, -0.05) is 18.2 Å². The SMILES string of the molecule is O=CCCC/C=C(/c1ccccc1)[N+](=O)[O-]. The lowest BCUT2D eigenvalue weighted by Gasteiger charge is -1.98. The van der Waals surface area contributed by atoms with Gasteiger partial charge in [0.15, 0.2) is 0 Å². The van der Waals surface area contributed by atoms with Gasteiger partial charge in [-0.2, -0.15) is 0 Å². The summed E-state index contributed by atoms with van der Waals surface area (Å²) in [6, 6.07) is 8.74. The standard InChI is InChI=1S/C12H13NO3/c14-10-6-2-5-9-12(13(15)16)11-7-3-1-4-8-11/h1,3-4,7-10H,2,5-6H2/b12-9-. The summed E-state index contributed by atoms with van der Waals surface area (Å²) in [6.07, 6.45) is 4.02. The first-order chi connectivity index (χ1) is 7.75. The van der Waals surface area contributed by atoms with Crippen LogP contribution >= 0.6 is 0 Å². The third kappa shape index (κ3) is 3.65. The summed E-state index contributed by atoms with van der Waals surface area (Å²) < 4.78 is 0. The van der Waals surface area contributed by atoms with Crippen molar-refractivity contribution in [2.45, 2.75) is 19.3 Å². The number of carbonyl (C=O) groups is 1. The van der Waals surface area contributed by atoms with Gasteiger partial charge in [-0.05, 0) is 31.1 Å². The van der Waals surface area contributed by atoms with Crippen LogP contribution in [0.25, 0.3) is 5.70 Å². The molecule has 4 heteroatoms. The Labute approximate surface area is 93.7 Å². The molecule has 16 heavy (non-hydrogen) atoms. The van der Waals surface area contributed by atoms with Crippen molar-refractivity contribution in [3.8, 4) is 0 Å². The van der Waals surface area contributed by atoms with Gasteiger partial charge in [0.25, 0.3) is 5.70 Å². The number of hydrogen-bond donors (Lipinski definition) is 0. The van der Waals surface area contributed by atoms with E-state index in [-0.39, 0.29) is 5.70 Å². The molecule has 0 unspecified atom stereocenters. The predicted molar refractivity (Wildman–Crippen MR) is 61.3 cm³/mol. The molecule has 84 valence electrons. The zero-order valence-corrected chi connectivity index (χ0v) is 8.83. The molecule has 0 N–H and O–H groups in total. The molecule has 0 heterocycles. The number of nitrogens with zero attached hydrogens (tertiary/aromatic N) is 1. The van der Waals surface area contributed by atoms with Crippen molar-refractivity contribution in [2.75, 3.05) is 0 Å². The quantitative estimate of drug-likeness (QED) is 0.320. The van der Waals surface area contributed by atoms with E-state index in [4.69, 9.17) is 0 Å². The van der Waals surface area contributed by atoms with E-state index in [1.807, 2.05) is 6.07 Å². The van der Waals surface area contributed by atoms with Crippen LogP contribution in [-0.4, -0.2) is 11.2 Å². The highest BCUT2D eigenvalue weighted by atomic mass is 16.6. The van der Waals surface area contributed by atoms with Crippen LogP contribution in [0.2, 0.25) is 0 Å². The molecule has 0 fully saturated rings. The van der Waals surface area contributed by atoms with Gasteiger partial charge >= 0.3 is 0 Å². The van der Waals surface area contributed by atoms with E-state index in [0.29, 0.717) is 24.8 Å². The second-order valence-electron chi connectivity index (χ2n) is 3.31. The van der Waals surface area contributed by atoms with Crippen molar-refractivity contribution >= 4 is 12.0 Å². The Hall–Kier alpha value is -1.97. The zero-order chi connectivity index (χ0) is 11.8. The highest BCUT2D eigenvalue weighted by molar-refractivity contribution is 5.58. The molecule has 0 spiro atoms. The van der Waals surface area contributed by atoms with Crippen molar-refractivity contribution in [3.63, 3.8) is 0 Å². The molecule has 0 aliphatic heterocycles. The fourth-order valence-electron chi connectivity index (χ4n) is 1.35. The smallest absolute Gasteiger partial charge is 0.272 e. The number of allylic oxidation sites excluding steroid dienone is 1. The average molecular weight is 219 g/mol. The Kier molecular flexibility index (Phi) is 4.92. The lowest BCUT2D eigenvalue weighted by molar-refractivity contribution is -0.375. The van der Waals surface area contributed by atoms with E-state index >= 15 is 0 Å². The molecule has 0 bridgehead atoms. The highest BCUT2D eigenvalue weighted by Gasteiger charge is 2.12. The van der Waals surface area contributed by atoms with Crippen molar-refractivity contribution < 1.29 is 9.72 Å². The molecule has 0 saturated heterocycles. The van der Waals surface area contributed by atoms with Crippen LogP contribution in [0.4, 0.5) is 0 Å². The van der Waals surface area contributed by atoms with Crippen molar-refractivity contribution in [2.24, 2.45) is 0 Å². The van der Waals surface area contributed by atoms with Crippen LogP contribution in [0.5, 0.6) is 0 Å². The molecule has 1 aromatic carbocycles. The van der Waals surface area contributed by atoms with Gasteiger partial charge in [0.1, 0.15) is 6.29 Å². The highest BCUT2D eigenvalue weighted by Crippen LogP contribution is 2.15. The second kappa shape index (κ2) is 6.50. The molecular formula is C12H13NO3. The van der Waals surface area contributed by atoms with Gasteiger partial charge in [0.2, 0.25) is 0 Å². The van der Waals surface area contributed by atoms with Gasteiger partial charge in [0, 0.05) is 6.42 Å². The minimum Gasteiger partial charge on any atom is -0.303 e. The summed E-state index contributed by atoms with van der Waals surface area (Å²) in [5.74, 6) is 0. The average Bonchev–Trinajstić information content (AvgIpc) is 2.30. The minimum atomic E-state index is -0.393. The Morgan fingerprint density at radius 1 is 1.25 bits per heavy atom. The molecular weight excluding hydrogens is 206 g/mol. The number of benzene rings is 1. The maximum Gasteiger partial charge on any atom is 0.272 e. The zero-order valence-electron chi connectivity index (χ0n) is 8.83. The van der Waals surface area contributed by atoms with E-state index in [0.717, 1.165) is 6.29 Å². The molecule has 1 aromatic rings. The Morgan fingerprint density at radius 3 is 2.50 bits per heavy atom. The normalized spacial score (nSPS) is 11.1. The van der Waals surface area contributed by atoms with Crippen LogP contribution in [0.15, 0.2) is 36.4 Å². The minimum absolute atomic E-state index is 0.103. The monoisotopic (exact) mass is 219 g/mol. The molecule has 1 rings (SSSR count). The van der Waals surface area contributed by atoms with E-state index in [1.54, 1.807) is 30.3 Å². The Balaban J connectivity index is 2.76. The molecule has 0 aliphatic rings. The summed E-state index contributed by atoms with van der Waals surface area (Å²) in [5.41, 5.74) is 0.699. The van der Waals surface area contributed by atoms with Gasteiger partial charge in [-0.3, -0.25) is 10.1 Å². The van der Waals surface area contributed by atoms with E-state index in [9.17, 15) is 14.9 Å². The first kappa shape index (κ1) is 12.1. The second-order valence-corrected chi connectivity index (χ2v) is 3.31. The fraction of sp³-hybridized carbons (Fsp3) is 0.250. The molecule has 4 nitrogen and oxygen atoms in total. The maximum atomic E-state index is 10.8. The Bertz CT molecular complexity index is 385.